The first-order chi connectivity index (χ1) is 9.35. The van der Waals surface area contributed by atoms with Gasteiger partial charge in [0.2, 0.25) is 0 Å². The summed E-state index contributed by atoms with van der Waals surface area (Å²) in [6, 6.07) is 2.74. The van der Waals surface area contributed by atoms with E-state index in [0.29, 0.717) is 0 Å². The molecule has 0 aliphatic heterocycles. The number of hydrogen-bond donors (Lipinski definition) is 1. The maximum absolute atomic E-state index is 13.9. The molecule has 0 aliphatic carbocycles. The Bertz CT molecular complexity index is 605. The van der Waals surface area contributed by atoms with Crippen LogP contribution in [0.2, 0.25) is 0 Å². The average Bonchev–Trinajstić information content (AvgIpc) is 2.79. The average molecular weight is 278 g/mol. The molecule has 7 heteroatoms. The Kier molecular flexibility index (Phi) is 3.69. The van der Waals surface area contributed by atoms with E-state index in [-0.39, 0.29) is 11.6 Å². The van der Waals surface area contributed by atoms with Crippen LogP contribution in [0.1, 0.15) is 20.8 Å². The lowest BCUT2D eigenvalue weighted by atomic mass is 10.1. The fourth-order valence-electron chi connectivity index (χ4n) is 1.47. The second-order valence-corrected chi connectivity index (χ2v) is 5.19. The Labute approximate surface area is 115 Å². The monoisotopic (exact) mass is 278 g/mol. The Hall–Kier alpha value is -2.44. The van der Waals surface area contributed by atoms with Gasteiger partial charge in [-0.2, -0.15) is 5.10 Å². The Balaban J connectivity index is 2.12. The van der Waals surface area contributed by atoms with Gasteiger partial charge in [-0.05, 0) is 26.8 Å². The highest BCUT2D eigenvalue weighted by Gasteiger charge is 2.16. The second kappa shape index (κ2) is 5.28. The minimum atomic E-state index is -0.662. The van der Waals surface area contributed by atoms with E-state index < -0.39 is 17.4 Å². The normalized spacial score (nSPS) is 11.2. The number of rotatable bonds is 2. The van der Waals surface area contributed by atoms with Gasteiger partial charge < -0.3 is 10.1 Å². The largest absolute Gasteiger partial charge is 0.413 e. The van der Waals surface area contributed by atoms with Gasteiger partial charge in [0, 0.05) is 24.0 Å². The molecular formula is C13H15FN4O2. The highest BCUT2D eigenvalue weighted by molar-refractivity contribution is 5.71. The van der Waals surface area contributed by atoms with Gasteiger partial charge in [0.25, 0.3) is 0 Å². The van der Waals surface area contributed by atoms with Gasteiger partial charge in [0.15, 0.2) is 17.4 Å². The van der Waals surface area contributed by atoms with Crippen LogP contribution in [0.5, 0.6) is 5.75 Å². The molecule has 0 bridgehead atoms. The summed E-state index contributed by atoms with van der Waals surface area (Å²) >= 11 is 0. The van der Waals surface area contributed by atoms with Gasteiger partial charge in [-0.25, -0.2) is 18.9 Å². The highest BCUT2D eigenvalue weighted by Crippen LogP contribution is 2.16. The molecule has 0 aromatic carbocycles. The topological polar surface area (TPSA) is 69.0 Å². The van der Waals surface area contributed by atoms with Crippen molar-refractivity contribution in [1.82, 2.24) is 20.1 Å². The Morgan fingerprint density at radius 2 is 2.20 bits per heavy atom. The van der Waals surface area contributed by atoms with Crippen LogP contribution < -0.4 is 10.1 Å². The van der Waals surface area contributed by atoms with Gasteiger partial charge in [-0.1, -0.05) is 0 Å². The number of aromatic nitrogens is 3. The lowest BCUT2D eigenvalue weighted by Crippen LogP contribution is -2.42. The number of amides is 1. The van der Waals surface area contributed by atoms with E-state index in [9.17, 15) is 9.18 Å². The summed E-state index contributed by atoms with van der Waals surface area (Å²) in [6.45, 7) is 5.44. The van der Waals surface area contributed by atoms with Crippen molar-refractivity contribution in [1.29, 1.82) is 0 Å². The molecule has 106 valence electrons. The van der Waals surface area contributed by atoms with Crippen LogP contribution in [-0.2, 0) is 0 Å². The molecule has 2 heterocycles. The molecule has 2 aromatic heterocycles. The van der Waals surface area contributed by atoms with Gasteiger partial charge in [-0.3, -0.25) is 0 Å². The molecule has 2 rings (SSSR count). The molecule has 0 unspecified atom stereocenters. The molecule has 0 fully saturated rings. The quantitative estimate of drug-likeness (QED) is 0.915. The fourth-order valence-corrected chi connectivity index (χ4v) is 1.47. The summed E-state index contributed by atoms with van der Waals surface area (Å²) in [6.07, 6.45) is 3.69. The molecule has 1 N–H and O–H groups in total. The third-order valence-electron chi connectivity index (χ3n) is 2.21. The smallest absolute Gasteiger partial charge is 0.409 e. The van der Waals surface area contributed by atoms with Crippen molar-refractivity contribution in [3.8, 4) is 11.6 Å². The van der Waals surface area contributed by atoms with Crippen molar-refractivity contribution in [3.05, 3.63) is 36.5 Å². The maximum atomic E-state index is 13.9. The summed E-state index contributed by atoms with van der Waals surface area (Å²) in [5, 5.41) is 6.48. The van der Waals surface area contributed by atoms with Crippen molar-refractivity contribution in [3.63, 3.8) is 0 Å². The lowest BCUT2D eigenvalue weighted by Gasteiger charge is -2.19. The van der Waals surface area contributed by atoms with E-state index in [1.807, 2.05) is 20.8 Å². The summed E-state index contributed by atoms with van der Waals surface area (Å²) in [7, 11) is 0. The molecule has 0 aliphatic rings. The SMILES string of the molecule is CC(C)(C)NC(=O)Oc1cnc(-n2cccn2)c(F)c1. The summed E-state index contributed by atoms with van der Waals surface area (Å²) < 4.78 is 20.1. The minimum Gasteiger partial charge on any atom is -0.409 e. The third kappa shape index (κ3) is 3.53. The van der Waals surface area contributed by atoms with Crippen LogP contribution in [0.25, 0.3) is 5.82 Å². The van der Waals surface area contributed by atoms with Gasteiger partial charge >= 0.3 is 6.09 Å². The molecule has 2 aromatic rings. The highest BCUT2D eigenvalue weighted by atomic mass is 19.1. The number of hydrogen-bond acceptors (Lipinski definition) is 4. The van der Waals surface area contributed by atoms with Crippen LogP contribution in [0.3, 0.4) is 0 Å². The van der Waals surface area contributed by atoms with Crippen LogP contribution in [-0.4, -0.2) is 26.4 Å². The summed E-state index contributed by atoms with van der Waals surface area (Å²) in [5.74, 6) is -0.562. The van der Waals surface area contributed by atoms with Gasteiger partial charge in [-0.15, -0.1) is 0 Å². The first kappa shape index (κ1) is 14.0. The Morgan fingerprint density at radius 3 is 2.75 bits per heavy atom. The molecule has 0 saturated heterocycles. The molecular weight excluding hydrogens is 263 g/mol. The molecule has 1 amide bonds. The van der Waals surface area contributed by atoms with Crippen molar-refractivity contribution < 1.29 is 13.9 Å². The number of carbonyl (C=O) groups is 1. The van der Waals surface area contributed by atoms with E-state index in [2.05, 4.69) is 15.4 Å². The van der Waals surface area contributed by atoms with Gasteiger partial charge in [0.1, 0.15) is 0 Å². The summed E-state index contributed by atoms with van der Waals surface area (Å²) in [5.41, 5.74) is -0.432. The predicted octanol–water partition coefficient (Wildman–Crippen LogP) is 2.29. The standard InChI is InChI=1S/C13H15FN4O2/c1-13(2,3)17-12(19)20-9-7-10(14)11(15-8-9)18-6-4-5-16-18/h4-8H,1-3H3,(H,17,19). The van der Waals surface area contributed by atoms with Crippen molar-refractivity contribution >= 4 is 6.09 Å². The first-order valence-corrected chi connectivity index (χ1v) is 6.01. The van der Waals surface area contributed by atoms with E-state index in [0.717, 1.165) is 6.07 Å². The minimum absolute atomic E-state index is 0.0279. The zero-order valence-electron chi connectivity index (χ0n) is 11.4. The van der Waals surface area contributed by atoms with Crippen molar-refractivity contribution in [2.75, 3.05) is 0 Å². The number of carbonyl (C=O) groups excluding carboxylic acids is 1. The van der Waals surface area contributed by atoms with Crippen molar-refractivity contribution in [2.24, 2.45) is 0 Å². The number of halogens is 1. The van der Waals surface area contributed by atoms with E-state index in [1.165, 1.54) is 17.1 Å². The lowest BCUT2D eigenvalue weighted by molar-refractivity contribution is 0.190. The fraction of sp³-hybridized carbons (Fsp3) is 0.308. The summed E-state index contributed by atoms with van der Waals surface area (Å²) in [4.78, 5) is 15.4. The van der Waals surface area contributed by atoms with E-state index in [1.54, 1.807) is 12.3 Å². The van der Waals surface area contributed by atoms with E-state index in [4.69, 9.17) is 4.74 Å². The molecule has 20 heavy (non-hydrogen) atoms. The zero-order valence-corrected chi connectivity index (χ0v) is 11.4. The second-order valence-electron chi connectivity index (χ2n) is 5.19. The Morgan fingerprint density at radius 1 is 1.45 bits per heavy atom. The van der Waals surface area contributed by atoms with Crippen LogP contribution in [0.15, 0.2) is 30.7 Å². The molecule has 0 atom stereocenters. The maximum Gasteiger partial charge on any atom is 0.413 e. The zero-order chi connectivity index (χ0) is 14.8. The first-order valence-electron chi connectivity index (χ1n) is 6.01. The van der Waals surface area contributed by atoms with Crippen LogP contribution in [0.4, 0.5) is 9.18 Å². The van der Waals surface area contributed by atoms with E-state index >= 15 is 0 Å². The molecule has 6 nitrogen and oxygen atoms in total. The van der Waals surface area contributed by atoms with Crippen LogP contribution >= 0.6 is 0 Å². The number of nitrogens with one attached hydrogen (secondary N) is 1. The van der Waals surface area contributed by atoms with Crippen molar-refractivity contribution in [2.45, 2.75) is 26.3 Å². The van der Waals surface area contributed by atoms with Gasteiger partial charge in [0.05, 0.1) is 6.20 Å². The number of pyridine rings is 1. The molecule has 0 radical (unpaired) electrons. The molecule has 0 spiro atoms. The molecule has 0 saturated carbocycles. The predicted molar refractivity (Wildman–Crippen MR) is 70.2 cm³/mol. The number of ether oxygens (including phenoxy) is 1. The number of nitrogens with zero attached hydrogens (tertiary/aromatic N) is 3. The van der Waals surface area contributed by atoms with Crippen LogP contribution in [0, 0.1) is 5.82 Å². The third-order valence-corrected chi connectivity index (χ3v) is 2.21.